The van der Waals surface area contributed by atoms with Crippen molar-refractivity contribution in [3.8, 4) is 11.6 Å². The molecule has 0 atom stereocenters. The molecule has 1 aromatic carbocycles. The first-order valence-corrected chi connectivity index (χ1v) is 5.90. The second kappa shape index (κ2) is 5.43. The normalized spacial score (nSPS) is 11.2. The van der Waals surface area contributed by atoms with Gasteiger partial charge in [-0.25, -0.2) is 18.2 Å². The number of hydrogen-bond donors (Lipinski definition) is 1. The van der Waals surface area contributed by atoms with E-state index >= 15 is 0 Å². The Balaban J connectivity index is 2.57. The molecular weight excluding hydrogens is 285 g/mol. The molecule has 0 bridgehead atoms. The fraction of sp³-hybridized carbons (Fsp3) is 0.143. The van der Waals surface area contributed by atoms with E-state index in [-0.39, 0.29) is 5.75 Å². The third kappa shape index (κ3) is 3.31. The smallest absolute Gasteiger partial charge is 0.278 e. The number of ether oxygens (including phenoxy) is 1. The van der Waals surface area contributed by atoms with Gasteiger partial charge in [0, 0.05) is 13.0 Å². The average Bonchev–Trinajstić information content (AvgIpc) is 2.37. The zero-order valence-electron chi connectivity index (χ0n) is 10.9. The summed E-state index contributed by atoms with van der Waals surface area (Å²) in [4.78, 5) is 14.6. The Bertz CT molecular complexity index is 670. The van der Waals surface area contributed by atoms with E-state index in [9.17, 15) is 18.0 Å². The van der Waals surface area contributed by atoms with Crippen LogP contribution in [0.3, 0.4) is 0 Å². The number of halogens is 3. The molecule has 110 valence electrons. The molecule has 1 heterocycles. The van der Waals surface area contributed by atoms with Crippen molar-refractivity contribution in [1.82, 2.24) is 4.98 Å². The standard InChI is InChI=1S/C14H11F3N2O2/c1-14(16,17)11-9(15)7-10(12(18)20)19-13(11)21-8-5-3-2-4-6-8/h2-7H,1H3,(H2,18,20). The monoisotopic (exact) mass is 296 g/mol. The SMILES string of the molecule is CC(F)(F)c1c(F)cc(C(N)=O)nc1Oc1ccccc1. The Morgan fingerprint density at radius 3 is 2.43 bits per heavy atom. The minimum atomic E-state index is -3.53. The third-order valence-corrected chi connectivity index (χ3v) is 2.59. The van der Waals surface area contributed by atoms with Gasteiger partial charge in [0.15, 0.2) is 0 Å². The van der Waals surface area contributed by atoms with Gasteiger partial charge in [-0.15, -0.1) is 0 Å². The number of aromatic nitrogens is 1. The van der Waals surface area contributed by atoms with Crippen LogP contribution in [-0.4, -0.2) is 10.9 Å². The third-order valence-electron chi connectivity index (χ3n) is 2.59. The molecule has 0 aliphatic carbocycles. The van der Waals surface area contributed by atoms with Gasteiger partial charge >= 0.3 is 0 Å². The molecule has 1 amide bonds. The summed E-state index contributed by atoms with van der Waals surface area (Å²) in [5.74, 6) is -6.40. The van der Waals surface area contributed by atoms with Gasteiger partial charge in [-0.05, 0) is 12.1 Å². The van der Waals surface area contributed by atoms with Crippen LogP contribution in [0.15, 0.2) is 36.4 Å². The van der Waals surface area contributed by atoms with Crippen LogP contribution in [0.2, 0.25) is 0 Å². The molecule has 0 spiro atoms. The van der Waals surface area contributed by atoms with Gasteiger partial charge in [-0.1, -0.05) is 18.2 Å². The number of amides is 1. The van der Waals surface area contributed by atoms with Gasteiger partial charge in [-0.3, -0.25) is 4.79 Å². The molecule has 21 heavy (non-hydrogen) atoms. The molecule has 0 aliphatic heterocycles. The van der Waals surface area contributed by atoms with Crippen LogP contribution in [-0.2, 0) is 5.92 Å². The Kier molecular flexibility index (Phi) is 3.84. The second-order valence-electron chi connectivity index (χ2n) is 4.34. The maximum absolute atomic E-state index is 13.9. The summed E-state index contributed by atoms with van der Waals surface area (Å²) in [6, 6.07) is 8.42. The van der Waals surface area contributed by atoms with Crippen molar-refractivity contribution in [1.29, 1.82) is 0 Å². The van der Waals surface area contributed by atoms with Gasteiger partial charge in [0.05, 0.1) is 0 Å². The van der Waals surface area contributed by atoms with Crippen molar-refractivity contribution in [2.45, 2.75) is 12.8 Å². The first-order valence-electron chi connectivity index (χ1n) is 5.90. The van der Waals surface area contributed by atoms with Crippen molar-refractivity contribution >= 4 is 5.91 Å². The lowest BCUT2D eigenvalue weighted by atomic mass is 10.1. The summed E-state index contributed by atoms with van der Waals surface area (Å²) >= 11 is 0. The first kappa shape index (κ1) is 14.8. The molecule has 0 saturated carbocycles. The predicted octanol–water partition coefficient (Wildman–Crippen LogP) is 3.22. The molecule has 4 nitrogen and oxygen atoms in total. The maximum Gasteiger partial charge on any atom is 0.278 e. The number of alkyl halides is 2. The molecule has 2 rings (SSSR count). The summed E-state index contributed by atoms with van der Waals surface area (Å²) < 4.78 is 46.1. The number of primary amides is 1. The molecule has 1 aromatic heterocycles. The number of para-hydroxylation sites is 1. The number of benzene rings is 1. The van der Waals surface area contributed by atoms with Crippen LogP contribution in [0.25, 0.3) is 0 Å². The van der Waals surface area contributed by atoms with Crippen molar-refractivity contribution in [3.05, 3.63) is 53.5 Å². The van der Waals surface area contributed by atoms with Gasteiger partial charge < -0.3 is 10.5 Å². The van der Waals surface area contributed by atoms with Crippen molar-refractivity contribution in [2.24, 2.45) is 5.73 Å². The number of carbonyl (C=O) groups is 1. The van der Waals surface area contributed by atoms with Crippen molar-refractivity contribution in [2.75, 3.05) is 0 Å². The van der Waals surface area contributed by atoms with Crippen molar-refractivity contribution < 1.29 is 22.7 Å². The molecular formula is C14H11F3N2O2. The molecule has 0 radical (unpaired) electrons. The van der Waals surface area contributed by atoms with Crippen LogP contribution in [0.1, 0.15) is 23.0 Å². The topological polar surface area (TPSA) is 65.2 Å². The van der Waals surface area contributed by atoms with E-state index in [0.29, 0.717) is 13.0 Å². The Morgan fingerprint density at radius 2 is 1.90 bits per heavy atom. The highest BCUT2D eigenvalue weighted by Gasteiger charge is 2.35. The van der Waals surface area contributed by atoms with E-state index in [4.69, 9.17) is 10.5 Å². The summed E-state index contributed by atoms with van der Waals surface area (Å²) in [6.07, 6.45) is 0. The molecule has 0 fully saturated rings. The average molecular weight is 296 g/mol. The first-order chi connectivity index (χ1) is 9.79. The van der Waals surface area contributed by atoms with Crippen molar-refractivity contribution in [3.63, 3.8) is 0 Å². The Morgan fingerprint density at radius 1 is 1.29 bits per heavy atom. The summed E-state index contributed by atoms with van der Waals surface area (Å²) in [5.41, 5.74) is 3.47. The number of rotatable bonds is 4. The van der Waals surface area contributed by atoms with Crippen LogP contribution >= 0.6 is 0 Å². The minimum Gasteiger partial charge on any atom is -0.438 e. The largest absolute Gasteiger partial charge is 0.438 e. The molecule has 7 heteroatoms. The van der Waals surface area contributed by atoms with Gasteiger partial charge in [0.25, 0.3) is 11.8 Å². The number of carbonyl (C=O) groups excluding carboxylic acids is 1. The fourth-order valence-corrected chi connectivity index (χ4v) is 1.69. The van der Waals surface area contributed by atoms with E-state index < -0.39 is 34.8 Å². The molecule has 2 aromatic rings. The molecule has 0 saturated heterocycles. The maximum atomic E-state index is 13.9. The Labute approximate surface area is 118 Å². The highest BCUT2D eigenvalue weighted by atomic mass is 19.3. The lowest BCUT2D eigenvalue weighted by Gasteiger charge is -2.16. The van der Waals surface area contributed by atoms with Gasteiger partial charge in [0.2, 0.25) is 5.88 Å². The van der Waals surface area contributed by atoms with E-state index in [1.165, 1.54) is 12.1 Å². The van der Waals surface area contributed by atoms with Crippen LogP contribution < -0.4 is 10.5 Å². The zero-order chi connectivity index (χ0) is 15.6. The second-order valence-corrected chi connectivity index (χ2v) is 4.34. The highest BCUT2D eigenvalue weighted by Crippen LogP contribution is 2.37. The van der Waals surface area contributed by atoms with Gasteiger partial charge in [0.1, 0.15) is 22.8 Å². The summed E-state index contributed by atoms with van der Waals surface area (Å²) in [5, 5.41) is 0. The minimum absolute atomic E-state index is 0.177. The quantitative estimate of drug-likeness (QED) is 0.942. The molecule has 2 N–H and O–H groups in total. The molecule has 0 unspecified atom stereocenters. The highest BCUT2D eigenvalue weighted by molar-refractivity contribution is 5.91. The lowest BCUT2D eigenvalue weighted by Crippen LogP contribution is -2.18. The number of nitrogens with zero attached hydrogens (tertiary/aromatic N) is 1. The zero-order valence-corrected chi connectivity index (χ0v) is 10.9. The number of hydrogen-bond acceptors (Lipinski definition) is 3. The Hall–Kier alpha value is -2.57. The van der Waals surface area contributed by atoms with E-state index in [1.807, 2.05) is 0 Å². The fourth-order valence-electron chi connectivity index (χ4n) is 1.69. The molecule has 0 aliphatic rings. The number of nitrogens with two attached hydrogens (primary N) is 1. The summed E-state index contributed by atoms with van der Waals surface area (Å²) in [6.45, 7) is 0.509. The van der Waals surface area contributed by atoms with E-state index in [1.54, 1.807) is 18.2 Å². The van der Waals surface area contributed by atoms with Crippen LogP contribution in [0.5, 0.6) is 11.6 Å². The predicted molar refractivity (Wildman–Crippen MR) is 68.8 cm³/mol. The van der Waals surface area contributed by atoms with Crippen LogP contribution in [0.4, 0.5) is 13.2 Å². The lowest BCUT2D eigenvalue weighted by molar-refractivity contribution is 0.0110. The van der Waals surface area contributed by atoms with E-state index in [0.717, 1.165) is 0 Å². The number of pyridine rings is 1. The van der Waals surface area contributed by atoms with Gasteiger partial charge in [-0.2, -0.15) is 0 Å². The van der Waals surface area contributed by atoms with Crippen LogP contribution in [0, 0.1) is 5.82 Å². The van der Waals surface area contributed by atoms with E-state index in [2.05, 4.69) is 4.98 Å². The summed E-state index contributed by atoms with van der Waals surface area (Å²) in [7, 11) is 0.